The Labute approximate surface area is 157 Å². The van der Waals surface area contributed by atoms with Gasteiger partial charge in [0.1, 0.15) is 0 Å². The summed E-state index contributed by atoms with van der Waals surface area (Å²) >= 11 is 0. The SMILES string of the molecule is CC(C(=O)Nc1ccccc1)C(C)C1CCCN(Cc2ccccc2)C1. The fraction of sp³-hybridized carbons (Fsp3) is 0.435. The predicted molar refractivity (Wildman–Crippen MR) is 108 cm³/mol. The number of piperidine rings is 1. The predicted octanol–water partition coefficient (Wildman–Crippen LogP) is 4.81. The average molecular weight is 351 g/mol. The van der Waals surface area contributed by atoms with Gasteiger partial charge in [-0.15, -0.1) is 0 Å². The van der Waals surface area contributed by atoms with Crippen molar-refractivity contribution in [2.75, 3.05) is 18.4 Å². The van der Waals surface area contributed by atoms with E-state index in [4.69, 9.17) is 0 Å². The van der Waals surface area contributed by atoms with Gasteiger partial charge >= 0.3 is 0 Å². The third kappa shape index (κ3) is 4.95. The summed E-state index contributed by atoms with van der Waals surface area (Å²) in [5.74, 6) is 1.09. The lowest BCUT2D eigenvalue weighted by Crippen LogP contribution is -2.40. The van der Waals surface area contributed by atoms with Crippen molar-refractivity contribution in [1.29, 1.82) is 0 Å². The van der Waals surface area contributed by atoms with Crippen LogP contribution in [0.2, 0.25) is 0 Å². The van der Waals surface area contributed by atoms with Crippen LogP contribution in [0.5, 0.6) is 0 Å². The van der Waals surface area contributed by atoms with Gasteiger partial charge in [-0.1, -0.05) is 62.4 Å². The van der Waals surface area contributed by atoms with Gasteiger partial charge in [0.25, 0.3) is 0 Å². The first-order chi connectivity index (χ1) is 12.6. The zero-order chi connectivity index (χ0) is 18.4. The van der Waals surface area contributed by atoms with Gasteiger partial charge in [0.2, 0.25) is 5.91 Å². The molecule has 3 heteroatoms. The second-order valence-electron chi connectivity index (χ2n) is 7.63. The lowest BCUT2D eigenvalue weighted by Gasteiger charge is -2.37. The summed E-state index contributed by atoms with van der Waals surface area (Å²) < 4.78 is 0. The van der Waals surface area contributed by atoms with Crippen molar-refractivity contribution in [3.05, 3.63) is 66.2 Å². The molecular formula is C23H30N2O. The molecule has 1 saturated heterocycles. The third-order valence-corrected chi connectivity index (χ3v) is 5.78. The van der Waals surface area contributed by atoms with E-state index in [9.17, 15) is 4.79 Å². The highest BCUT2D eigenvalue weighted by Crippen LogP contribution is 2.30. The molecule has 3 unspecified atom stereocenters. The number of benzene rings is 2. The first-order valence-corrected chi connectivity index (χ1v) is 9.75. The van der Waals surface area contributed by atoms with Crippen LogP contribution in [-0.2, 0) is 11.3 Å². The number of likely N-dealkylation sites (tertiary alicyclic amines) is 1. The third-order valence-electron chi connectivity index (χ3n) is 5.78. The smallest absolute Gasteiger partial charge is 0.227 e. The standard InChI is InChI=1S/C23H30N2O/c1-18(19(2)23(26)24-22-13-7-4-8-14-22)21-12-9-15-25(17-21)16-20-10-5-3-6-11-20/h3-8,10-11,13-14,18-19,21H,9,12,15-17H2,1-2H3,(H,24,26). The molecular weight excluding hydrogens is 320 g/mol. The van der Waals surface area contributed by atoms with Crippen LogP contribution >= 0.6 is 0 Å². The van der Waals surface area contributed by atoms with Gasteiger partial charge in [-0.3, -0.25) is 9.69 Å². The number of hydrogen-bond donors (Lipinski definition) is 1. The Hall–Kier alpha value is -2.13. The summed E-state index contributed by atoms with van der Waals surface area (Å²) in [4.78, 5) is 15.2. The van der Waals surface area contributed by atoms with Crippen LogP contribution in [0, 0.1) is 17.8 Å². The molecule has 3 atom stereocenters. The van der Waals surface area contributed by atoms with E-state index >= 15 is 0 Å². The van der Waals surface area contributed by atoms with Gasteiger partial charge in [-0.05, 0) is 48.9 Å². The zero-order valence-corrected chi connectivity index (χ0v) is 15.9. The summed E-state index contributed by atoms with van der Waals surface area (Å²) in [5, 5.41) is 3.06. The van der Waals surface area contributed by atoms with E-state index in [1.807, 2.05) is 30.3 Å². The van der Waals surface area contributed by atoms with Crippen molar-refractivity contribution < 1.29 is 4.79 Å². The molecule has 3 rings (SSSR count). The molecule has 2 aromatic rings. The fourth-order valence-electron chi connectivity index (χ4n) is 3.93. The van der Waals surface area contributed by atoms with E-state index in [1.165, 1.54) is 18.4 Å². The van der Waals surface area contributed by atoms with E-state index in [2.05, 4.69) is 54.4 Å². The van der Waals surface area contributed by atoms with Gasteiger partial charge < -0.3 is 5.32 Å². The van der Waals surface area contributed by atoms with Crippen molar-refractivity contribution >= 4 is 11.6 Å². The normalized spacial score (nSPS) is 20.3. The first kappa shape index (κ1) is 18.7. The molecule has 138 valence electrons. The van der Waals surface area contributed by atoms with Gasteiger partial charge in [0.15, 0.2) is 0 Å². The number of carbonyl (C=O) groups is 1. The maximum Gasteiger partial charge on any atom is 0.227 e. The highest BCUT2D eigenvalue weighted by atomic mass is 16.1. The summed E-state index contributed by atoms with van der Waals surface area (Å²) in [5.41, 5.74) is 2.25. The summed E-state index contributed by atoms with van der Waals surface area (Å²) in [6.07, 6.45) is 2.43. The van der Waals surface area contributed by atoms with Crippen LogP contribution < -0.4 is 5.32 Å². The summed E-state index contributed by atoms with van der Waals surface area (Å²) in [6.45, 7) is 7.56. The van der Waals surface area contributed by atoms with E-state index in [1.54, 1.807) is 0 Å². The molecule has 0 radical (unpaired) electrons. The molecule has 26 heavy (non-hydrogen) atoms. The molecule has 2 aromatic carbocycles. The lowest BCUT2D eigenvalue weighted by atomic mass is 9.79. The Morgan fingerprint density at radius 1 is 1.08 bits per heavy atom. The number of nitrogens with zero attached hydrogens (tertiary/aromatic N) is 1. The highest BCUT2D eigenvalue weighted by molar-refractivity contribution is 5.92. The van der Waals surface area contributed by atoms with Crippen LogP contribution in [0.4, 0.5) is 5.69 Å². The minimum absolute atomic E-state index is 0.0110. The van der Waals surface area contributed by atoms with E-state index in [0.717, 1.165) is 25.3 Å². The van der Waals surface area contributed by atoms with Crippen LogP contribution in [0.15, 0.2) is 60.7 Å². The molecule has 1 N–H and O–H groups in total. The quantitative estimate of drug-likeness (QED) is 0.811. The fourth-order valence-corrected chi connectivity index (χ4v) is 3.93. The lowest BCUT2D eigenvalue weighted by molar-refractivity contribution is -0.121. The molecule has 1 amide bonds. The zero-order valence-electron chi connectivity index (χ0n) is 15.9. The second-order valence-corrected chi connectivity index (χ2v) is 7.63. The minimum atomic E-state index is 0.0110. The van der Waals surface area contributed by atoms with Crippen molar-refractivity contribution in [3.8, 4) is 0 Å². The van der Waals surface area contributed by atoms with Crippen molar-refractivity contribution in [2.24, 2.45) is 17.8 Å². The number of nitrogens with one attached hydrogen (secondary N) is 1. The number of rotatable bonds is 6. The average Bonchev–Trinajstić information content (AvgIpc) is 2.68. The molecule has 3 nitrogen and oxygen atoms in total. The van der Waals surface area contributed by atoms with Crippen molar-refractivity contribution in [2.45, 2.75) is 33.2 Å². The molecule has 1 fully saturated rings. The molecule has 0 aromatic heterocycles. The van der Waals surface area contributed by atoms with Crippen molar-refractivity contribution in [3.63, 3.8) is 0 Å². The van der Waals surface area contributed by atoms with Crippen molar-refractivity contribution in [1.82, 2.24) is 4.90 Å². The topological polar surface area (TPSA) is 32.3 Å². The molecule has 1 aliphatic rings. The molecule has 0 spiro atoms. The van der Waals surface area contributed by atoms with Crippen LogP contribution in [0.3, 0.4) is 0 Å². The van der Waals surface area contributed by atoms with E-state index in [-0.39, 0.29) is 11.8 Å². The Morgan fingerprint density at radius 3 is 2.42 bits per heavy atom. The Balaban J connectivity index is 1.56. The highest BCUT2D eigenvalue weighted by Gasteiger charge is 2.31. The molecule has 1 heterocycles. The Kier molecular flexibility index (Phi) is 6.45. The van der Waals surface area contributed by atoms with Crippen LogP contribution in [0.25, 0.3) is 0 Å². The van der Waals surface area contributed by atoms with Crippen LogP contribution in [-0.4, -0.2) is 23.9 Å². The number of amides is 1. The summed E-state index contributed by atoms with van der Waals surface area (Å²) in [6, 6.07) is 20.4. The number of hydrogen-bond acceptors (Lipinski definition) is 2. The number of anilines is 1. The largest absolute Gasteiger partial charge is 0.326 e. The maximum absolute atomic E-state index is 12.6. The maximum atomic E-state index is 12.6. The monoisotopic (exact) mass is 350 g/mol. The van der Waals surface area contributed by atoms with Gasteiger partial charge in [-0.25, -0.2) is 0 Å². The van der Waals surface area contributed by atoms with Gasteiger partial charge in [-0.2, -0.15) is 0 Å². The van der Waals surface area contributed by atoms with E-state index < -0.39 is 0 Å². The molecule has 1 aliphatic heterocycles. The van der Waals surface area contributed by atoms with Gasteiger partial charge in [0.05, 0.1) is 0 Å². The Bertz CT molecular complexity index is 686. The summed E-state index contributed by atoms with van der Waals surface area (Å²) in [7, 11) is 0. The minimum Gasteiger partial charge on any atom is -0.326 e. The molecule has 0 saturated carbocycles. The molecule has 0 aliphatic carbocycles. The first-order valence-electron chi connectivity index (χ1n) is 9.75. The number of para-hydroxylation sites is 1. The van der Waals surface area contributed by atoms with Gasteiger partial charge in [0, 0.05) is 24.7 Å². The number of carbonyl (C=O) groups excluding carboxylic acids is 1. The second kappa shape index (κ2) is 9.00. The molecule has 0 bridgehead atoms. The van der Waals surface area contributed by atoms with Crippen LogP contribution in [0.1, 0.15) is 32.3 Å². The Morgan fingerprint density at radius 2 is 1.73 bits per heavy atom. The van der Waals surface area contributed by atoms with E-state index in [0.29, 0.717) is 11.8 Å².